The van der Waals surface area contributed by atoms with Gasteiger partial charge in [-0.25, -0.2) is 4.39 Å². The van der Waals surface area contributed by atoms with Crippen molar-refractivity contribution in [2.45, 2.75) is 6.92 Å². The average molecular weight is 231 g/mol. The van der Waals surface area contributed by atoms with Gasteiger partial charge in [0.25, 0.3) is 0 Å². The molecule has 0 fully saturated rings. The maximum absolute atomic E-state index is 13.0. The summed E-state index contributed by atoms with van der Waals surface area (Å²) in [4.78, 5) is 11.1. The second kappa shape index (κ2) is 5.56. The third-order valence-electron chi connectivity index (χ3n) is 1.75. The molecule has 0 aliphatic carbocycles. The van der Waals surface area contributed by atoms with E-state index in [0.717, 1.165) is 0 Å². The van der Waals surface area contributed by atoms with Crippen molar-refractivity contribution in [2.75, 3.05) is 18.4 Å². The SMILES string of the molecule is CCNC(=O)CNc1ccc(Cl)c(F)c1. The predicted octanol–water partition coefficient (Wildman–Crippen LogP) is 2.03. The first-order chi connectivity index (χ1) is 7.13. The van der Waals surface area contributed by atoms with Crippen molar-refractivity contribution in [3.63, 3.8) is 0 Å². The number of hydrogen-bond acceptors (Lipinski definition) is 2. The van der Waals surface area contributed by atoms with Crippen LogP contribution < -0.4 is 10.6 Å². The van der Waals surface area contributed by atoms with Crippen molar-refractivity contribution in [1.82, 2.24) is 5.32 Å². The Morgan fingerprint density at radius 2 is 2.27 bits per heavy atom. The number of rotatable bonds is 4. The molecule has 3 nitrogen and oxygen atoms in total. The second-order valence-corrected chi connectivity index (χ2v) is 3.34. The molecule has 82 valence electrons. The zero-order valence-corrected chi connectivity index (χ0v) is 9.07. The molecule has 0 saturated carbocycles. The Morgan fingerprint density at radius 3 is 2.87 bits per heavy atom. The Bertz CT molecular complexity index is 357. The van der Waals surface area contributed by atoms with Crippen molar-refractivity contribution in [3.8, 4) is 0 Å². The maximum atomic E-state index is 13.0. The highest BCUT2D eigenvalue weighted by Gasteiger charge is 2.02. The molecule has 1 aromatic rings. The predicted molar refractivity (Wildman–Crippen MR) is 58.6 cm³/mol. The van der Waals surface area contributed by atoms with Gasteiger partial charge in [0.05, 0.1) is 11.6 Å². The van der Waals surface area contributed by atoms with Gasteiger partial charge in [-0.05, 0) is 25.1 Å². The van der Waals surface area contributed by atoms with E-state index < -0.39 is 5.82 Å². The Kier molecular flexibility index (Phi) is 4.37. The van der Waals surface area contributed by atoms with Crippen molar-refractivity contribution in [3.05, 3.63) is 29.0 Å². The summed E-state index contributed by atoms with van der Waals surface area (Å²) in [5.74, 6) is -0.634. The van der Waals surface area contributed by atoms with Crippen LogP contribution in [0.25, 0.3) is 0 Å². The van der Waals surface area contributed by atoms with Gasteiger partial charge >= 0.3 is 0 Å². The number of likely N-dealkylation sites (N-methyl/N-ethyl adjacent to an activating group) is 1. The summed E-state index contributed by atoms with van der Waals surface area (Å²) in [5, 5.41) is 5.48. The third-order valence-corrected chi connectivity index (χ3v) is 2.05. The van der Waals surface area contributed by atoms with Gasteiger partial charge in [-0.15, -0.1) is 0 Å². The largest absolute Gasteiger partial charge is 0.376 e. The molecule has 0 unspecified atom stereocenters. The Morgan fingerprint density at radius 1 is 1.53 bits per heavy atom. The van der Waals surface area contributed by atoms with E-state index >= 15 is 0 Å². The van der Waals surface area contributed by atoms with Gasteiger partial charge in [-0.1, -0.05) is 11.6 Å². The molecule has 0 saturated heterocycles. The summed E-state index contributed by atoms with van der Waals surface area (Å²) in [6.45, 7) is 2.53. The molecule has 15 heavy (non-hydrogen) atoms. The number of carbonyl (C=O) groups is 1. The summed E-state index contributed by atoms with van der Waals surface area (Å²) in [7, 11) is 0. The first-order valence-corrected chi connectivity index (χ1v) is 4.97. The van der Waals surface area contributed by atoms with E-state index in [0.29, 0.717) is 12.2 Å². The van der Waals surface area contributed by atoms with Gasteiger partial charge in [-0.3, -0.25) is 4.79 Å². The zero-order valence-electron chi connectivity index (χ0n) is 8.31. The summed E-state index contributed by atoms with van der Waals surface area (Å²) in [6, 6.07) is 4.31. The van der Waals surface area contributed by atoms with Crippen LogP contribution in [0.1, 0.15) is 6.92 Å². The molecule has 1 amide bonds. The summed E-state index contributed by atoms with van der Waals surface area (Å²) in [5.41, 5.74) is 0.531. The minimum absolute atomic E-state index is 0.0681. The number of amides is 1. The van der Waals surface area contributed by atoms with Gasteiger partial charge in [0.15, 0.2) is 0 Å². The van der Waals surface area contributed by atoms with E-state index in [4.69, 9.17) is 11.6 Å². The molecule has 0 aliphatic heterocycles. The van der Waals surface area contributed by atoms with Crippen LogP contribution in [-0.2, 0) is 4.79 Å². The Labute approximate surface area is 92.6 Å². The number of carbonyl (C=O) groups excluding carboxylic acids is 1. The summed E-state index contributed by atoms with van der Waals surface area (Å²) in [6.07, 6.45) is 0. The van der Waals surface area contributed by atoms with E-state index in [9.17, 15) is 9.18 Å². The normalized spacial score (nSPS) is 9.80. The molecule has 1 rings (SSSR count). The molecule has 0 radical (unpaired) electrons. The molecular weight excluding hydrogens is 219 g/mol. The van der Waals surface area contributed by atoms with Crippen LogP contribution in [0.4, 0.5) is 10.1 Å². The van der Waals surface area contributed by atoms with Crippen LogP contribution in [0.2, 0.25) is 5.02 Å². The zero-order chi connectivity index (χ0) is 11.3. The van der Waals surface area contributed by atoms with Crippen LogP contribution in [-0.4, -0.2) is 19.0 Å². The van der Waals surface area contributed by atoms with E-state index in [1.54, 1.807) is 6.07 Å². The molecule has 0 aromatic heterocycles. The fourth-order valence-corrected chi connectivity index (χ4v) is 1.17. The second-order valence-electron chi connectivity index (χ2n) is 2.94. The molecule has 1 aromatic carbocycles. The summed E-state index contributed by atoms with van der Waals surface area (Å²) < 4.78 is 13.0. The van der Waals surface area contributed by atoms with Gasteiger partial charge in [0, 0.05) is 12.2 Å². The molecule has 0 bridgehead atoms. The van der Waals surface area contributed by atoms with E-state index in [2.05, 4.69) is 10.6 Å². The molecule has 0 heterocycles. The van der Waals surface area contributed by atoms with Crippen molar-refractivity contribution in [1.29, 1.82) is 0 Å². The smallest absolute Gasteiger partial charge is 0.239 e. The number of benzene rings is 1. The Hall–Kier alpha value is -1.29. The molecular formula is C10H12ClFN2O. The highest BCUT2D eigenvalue weighted by molar-refractivity contribution is 6.30. The minimum Gasteiger partial charge on any atom is -0.376 e. The third kappa shape index (κ3) is 3.75. The monoisotopic (exact) mass is 230 g/mol. The number of hydrogen-bond donors (Lipinski definition) is 2. The molecule has 0 aliphatic rings. The van der Waals surface area contributed by atoms with E-state index in [1.807, 2.05) is 6.92 Å². The van der Waals surface area contributed by atoms with Gasteiger partial charge in [0.2, 0.25) is 5.91 Å². The lowest BCUT2D eigenvalue weighted by atomic mass is 10.3. The van der Waals surface area contributed by atoms with Gasteiger partial charge in [0.1, 0.15) is 5.82 Å². The van der Waals surface area contributed by atoms with Crippen LogP contribution >= 0.6 is 11.6 Å². The van der Waals surface area contributed by atoms with Crippen molar-refractivity contribution >= 4 is 23.2 Å². The van der Waals surface area contributed by atoms with Gasteiger partial charge in [-0.2, -0.15) is 0 Å². The van der Waals surface area contributed by atoms with Crippen LogP contribution in [0, 0.1) is 5.82 Å². The Balaban J connectivity index is 2.51. The number of anilines is 1. The van der Waals surface area contributed by atoms with Crippen molar-refractivity contribution in [2.24, 2.45) is 0 Å². The quantitative estimate of drug-likeness (QED) is 0.831. The standard InChI is InChI=1S/C10H12ClFN2O/c1-2-13-10(15)6-14-7-3-4-8(11)9(12)5-7/h3-5,14H,2,6H2,1H3,(H,13,15). The van der Waals surface area contributed by atoms with E-state index in [-0.39, 0.29) is 17.5 Å². The minimum atomic E-state index is -0.502. The topological polar surface area (TPSA) is 41.1 Å². The average Bonchev–Trinajstić information content (AvgIpc) is 2.20. The number of nitrogens with one attached hydrogen (secondary N) is 2. The molecule has 2 N–H and O–H groups in total. The van der Waals surface area contributed by atoms with Gasteiger partial charge < -0.3 is 10.6 Å². The molecule has 0 spiro atoms. The first-order valence-electron chi connectivity index (χ1n) is 4.59. The van der Waals surface area contributed by atoms with Crippen LogP contribution in [0.5, 0.6) is 0 Å². The fourth-order valence-electron chi connectivity index (χ4n) is 1.05. The van der Waals surface area contributed by atoms with Crippen molar-refractivity contribution < 1.29 is 9.18 Å². The highest BCUT2D eigenvalue weighted by Crippen LogP contribution is 2.18. The summed E-state index contributed by atoms with van der Waals surface area (Å²) >= 11 is 5.51. The lowest BCUT2D eigenvalue weighted by Gasteiger charge is -2.06. The maximum Gasteiger partial charge on any atom is 0.239 e. The fraction of sp³-hybridized carbons (Fsp3) is 0.300. The van der Waals surface area contributed by atoms with E-state index in [1.165, 1.54) is 12.1 Å². The van der Waals surface area contributed by atoms with Crippen LogP contribution in [0.3, 0.4) is 0 Å². The highest BCUT2D eigenvalue weighted by atomic mass is 35.5. The molecule has 0 atom stereocenters. The number of halogens is 2. The lowest BCUT2D eigenvalue weighted by molar-refractivity contribution is -0.119. The molecule has 5 heteroatoms. The lowest BCUT2D eigenvalue weighted by Crippen LogP contribution is -2.29. The van der Waals surface area contributed by atoms with Crippen LogP contribution in [0.15, 0.2) is 18.2 Å². The first kappa shape index (κ1) is 11.8.